The van der Waals surface area contributed by atoms with E-state index in [0.29, 0.717) is 22.6 Å². The number of hydrogen-bond donors (Lipinski definition) is 5. The summed E-state index contributed by atoms with van der Waals surface area (Å²) in [6.45, 7) is 2.81. The van der Waals surface area contributed by atoms with Crippen LogP contribution in [0.4, 0.5) is 5.69 Å². The van der Waals surface area contributed by atoms with Crippen molar-refractivity contribution >= 4 is 47.1 Å². The van der Waals surface area contributed by atoms with E-state index in [-0.39, 0.29) is 35.1 Å². The number of rotatable bonds is 12. The summed E-state index contributed by atoms with van der Waals surface area (Å²) in [5, 5.41) is 21.5. The van der Waals surface area contributed by atoms with Crippen LogP contribution in [0.25, 0.3) is 0 Å². The lowest BCUT2D eigenvalue weighted by Gasteiger charge is -2.21. The first-order valence-electron chi connectivity index (χ1n) is 12.5. The molecule has 0 aliphatic carbocycles. The summed E-state index contributed by atoms with van der Waals surface area (Å²) in [7, 11) is 0. The summed E-state index contributed by atoms with van der Waals surface area (Å²) in [5.74, 6) is -3.29. The van der Waals surface area contributed by atoms with Crippen LogP contribution in [0, 0.1) is 0 Å². The number of aliphatic imine (C=N–C) groups is 1. The van der Waals surface area contributed by atoms with Crippen LogP contribution in [-0.4, -0.2) is 51.6 Å². The number of carbonyl (C=O) groups excluding carboxylic acids is 2. The lowest BCUT2D eigenvalue weighted by molar-refractivity contribution is -0.152. The molecular formula is C29H29ClN4O8. The monoisotopic (exact) mass is 596 g/mol. The fraction of sp³-hybridized carbons (Fsp3) is 0.207. The lowest BCUT2D eigenvalue weighted by atomic mass is 10.0. The zero-order chi connectivity index (χ0) is 31.0. The third kappa shape index (κ3) is 8.96. The summed E-state index contributed by atoms with van der Waals surface area (Å²) in [6.07, 6.45) is -0.251. The second kappa shape index (κ2) is 13.5. The van der Waals surface area contributed by atoms with Crippen LogP contribution in [0.5, 0.6) is 11.5 Å². The molecule has 0 saturated carbocycles. The highest BCUT2D eigenvalue weighted by molar-refractivity contribution is 6.31. The number of aliphatic carboxylic acids is 2. The minimum atomic E-state index is -1.44. The first kappa shape index (κ1) is 31.4. The molecule has 7 N–H and O–H groups in total. The van der Waals surface area contributed by atoms with E-state index in [1.165, 1.54) is 56.3 Å². The van der Waals surface area contributed by atoms with Crippen molar-refractivity contribution in [3.05, 3.63) is 88.4 Å². The SMILES string of the molecule is CC(C)(Oc1ccc(C[C@H](NC(=O)Cc2ccc(OC(=O)c3ccc(N=C(N)N)cc3)cc2Cl)C(=O)O)cc1)C(=O)O. The molecule has 0 fully saturated rings. The zero-order valence-corrected chi connectivity index (χ0v) is 23.4. The zero-order valence-electron chi connectivity index (χ0n) is 22.7. The Morgan fingerprint density at radius 3 is 2.12 bits per heavy atom. The number of amides is 1. The first-order chi connectivity index (χ1) is 19.7. The standard InChI is InChI=1S/C29H29ClN4O8/c1-29(2,27(39)40)42-20-10-3-16(4-11-20)13-23(25(36)37)34-24(35)14-18-7-12-21(15-22(18)30)41-26(38)17-5-8-19(9-6-17)33-28(31)32/h3-12,15,23H,13-14H2,1-2H3,(H,34,35)(H,36,37)(H,39,40)(H4,31,32,33)/t23-/m0/s1. The number of nitrogens with zero attached hydrogens (tertiary/aromatic N) is 1. The molecule has 0 unspecified atom stereocenters. The molecule has 220 valence electrons. The van der Waals surface area contributed by atoms with Gasteiger partial charge in [-0.15, -0.1) is 0 Å². The molecule has 0 aliphatic rings. The molecule has 0 bridgehead atoms. The molecule has 3 aromatic carbocycles. The fourth-order valence-electron chi connectivity index (χ4n) is 3.61. The summed E-state index contributed by atoms with van der Waals surface area (Å²) in [4.78, 5) is 52.1. The summed E-state index contributed by atoms with van der Waals surface area (Å²) < 4.78 is 10.8. The third-order valence-electron chi connectivity index (χ3n) is 5.83. The highest BCUT2D eigenvalue weighted by Crippen LogP contribution is 2.25. The number of carbonyl (C=O) groups is 4. The normalized spacial score (nSPS) is 11.6. The molecule has 0 spiro atoms. The highest BCUT2D eigenvalue weighted by Gasteiger charge is 2.29. The second-order valence-electron chi connectivity index (χ2n) is 9.63. The number of hydrogen-bond acceptors (Lipinski definition) is 7. The van der Waals surface area contributed by atoms with Gasteiger partial charge in [0.15, 0.2) is 11.6 Å². The number of esters is 1. The Bertz CT molecular complexity index is 1500. The van der Waals surface area contributed by atoms with Crippen LogP contribution in [0.1, 0.15) is 35.3 Å². The van der Waals surface area contributed by atoms with Crippen molar-refractivity contribution in [2.75, 3.05) is 0 Å². The van der Waals surface area contributed by atoms with E-state index in [9.17, 15) is 29.4 Å². The van der Waals surface area contributed by atoms with E-state index in [0.717, 1.165) is 0 Å². The topological polar surface area (TPSA) is 204 Å². The van der Waals surface area contributed by atoms with Crippen molar-refractivity contribution in [1.29, 1.82) is 0 Å². The van der Waals surface area contributed by atoms with Gasteiger partial charge in [0.2, 0.25) is 5.91 Å². The maximum absolute atomic E-state index is 12.7. The molecule has 0 saturated heterocycles. The van der Waals surface area contributed by atoms with Crippen LogP contribution in [0.3, 0.4) is 0 Å². The Hall–Kier alpha value is -5.10. The van der Waals surface area contributed by atoms with E-state index in [1.807, 2.05) is 0 Å². The van der Waals surface area contributed by atoms with E-state index in [4.69, 9.17) is 32.5 Å². The number of benzene rings is 3. The van der Waals surface area contributed by atoms with Crippen molar-refractivity contribution in [1.82, 2.24) is 5.32 Å². The van der Waals surface area contributed by atoms with Crippen molar-refractivity contribution in [3.63, 3.8) is 0 Å². The van der Waals surface area contributed by atoms with Gasteiger partial charge < -0.3 is 36.5 Å². The number of halogens is 1. The number of guanidine groups is 1. The Labute approximate surface area is 245 Å². The molecule has 3 aromatic rings. The largest absolute Gasteiger partial charge is 0.480 e. The summed E-state index contributed by atoms with van der Waals surface area (Å²) in [6, 6.07) is 15.4. The van der Waals surface area contributed by atoms with Gasteiger partial charge in [0.1, 0.15) is 17.5 Å². The third-order valence-corrected chi connectivity index (χ3v) is 6.18. The number of carboxylic acids is 2. The molecule has 0 heterocycles. The average Bonchev–Trinajstić information content (AvgIpc) is 2.90. The van der Waals surface area contributed by atoms with Gasteiger partial charge in [-0.05, 0) is 73.5 Å². The van der Waals surface area contributed by atoms with E-state index < -0.39 is 35.5 Å². The molecule has 3 rings (SSSR count). The van der Waals surface area contributed by atoms with E-state index in [1.54, 1.807) is 24.3 Å². The highest BCUT2D eigenvalue weighted by atomic mass is 35.5. The minimum Gasteiger partial charge on any atom is -0.480 e. The maximum Gasteiger partial charge on any atom is 0.347 e. The number of carboxylic acid groups (broad SMARTS) is 2. The van der Waals surface area contributed by atoms with Gasteiger partial charge in [0.05, 0.1) is 17.7 Å². The van der Waals surface area contributed by atoms with Crippen molar-refractivity contribution in [3.8, 4) is 11.5 Å². The Balaban J connectivity index is 1.59. The van der Waals surface area contributed by atoms with E-state index >= 15 is 0 Å². The lowest BCUT2D eigenvalue weighted by Crippen LogP contribution is -2.43. The van der Waals surface area contributed by atoms with Gasteiger partial charge in [-0.3, -0.25) is 4.79 Å². The smallest absolute Gasteiger partial charge is 0.347 e. The average molecular weight is 597 g/mol. The quantitative estimate of drug-likeness (QED) is 0.0894. The predicted octanol–water partition coefficient (Wildman–Crippen LogP) is 3.06. The van der Waals surface area contributed by atoms with Crippen molar-refractivity contribution in [2.45, 2.75) is 38.3 Å². The van der Waals surface area contributed by atoms with Crippen LogP contribution in [0.2, 0.25) is 5.02 Å². The van der Waals surface area contributed by atoms with Gasteiger partial charge in [-0.2, -0.15) is 0 Å². The van der Waals surface area contributed by atoms with Crippen molar-refractivity contribution < 1.29 is 38.9 Å². The van der Waals surface area contributed by atoms with Gasteiger partial charge in [0.25, 0.3) is 0 Å². The number of ether oxygens (including phenoxy) is 2. The Kier molecular flexibility index (Phi) is 10.1. The number of nitrogens with two attached hydrogens (primary N) is 2. The molecule has 1 atom stereocenters. The molecule has 13 heteroatoms. The second-order valence-corrected chi connectivity index (χ2v) is 10.0. The molecule has 42 heavy (non-hydrogen) atoms. The fourth-order valence-corrected chi connectivity index (χ4v) is 3.85. The maximum atomic E-state index is 12.7. The van der Waals surface area contributed by atoms with Gasteiger partial charge in [0, 0.05) is 11.4 Å². The van der Waals surface area contributed by atoms with Crippen LogP contribution in [-0.2, 0) is 27.2 Å². The molecule has 1 amide bonds. The molecule has 0 aliphatic heterocycles. The van der Waals surface area contributed by atoms with Crippen molar-refractivity contribution in [2.24, 2.45) is 16.5 Å². The van der Waals surface area contributed by atoms with Gasteiger partial charge in [-0.1, -0.05) is 29.8 Å². The predicted molar refractivity (Wildman–Crippen MR) is 154 cm³/mol. The minimum absolute atomic E-state index is 0.0285. The van der Waals surface area contributed by atoms with E-state index in [2.05, 4.69) is 10.3 Å². The molecule has 12 nitrogen and oxygen atoms in total. The van der Waals surface area contributed by atoms with Crippen LogP contribution >= 0.6 is 11.6 Å². The van der Waals surface area contributed by atoms with Gasteiger partial charge in [-0.25, -0.2) is 19.4 Å². The molecule has 0 aromatic heterocycles. The van der Waals surface area contributed by atoms with Crippen LogP contribution in [0.15, 0.2) is 71.7 Å². The summed E-state index contributed by atoms with van der Waals surface area (Å²) >= 11 is 6.31. The Morgan fingerprint density at radius 1 is 0.952 bits per heavy atom. The first-order valence-corrected chi connectivity index (χ1v) is 12.8. The molecular weight excluding hydrogens is 568 g/mol. The summed E-state index contributed by atoms with van der Waals surface area (Å²) in [5.41, 5.74) is 10.9. The molecule has 0 radical (unpaired) electrons. The van der Waals surface area contributed by atoms with Gasteiger partial charge >= 0.3 is 17.9 Å². The Morgan fingerprint density at radius 2 is 1.57 bits per heavy atom. The number of nitrogens with one attached hydrogen (secondary N) is 1. The van der Waals surface area contributed by atoms with Crippen LogP contribution < -0.4 is 26.3 Å².